The molecule has 0 aliphatic carbocycles. The minimum atomic E-state index is -0.132. The molecule has 172 valence electrons. The van der Waals surface area contributed by atoms with Crippen LogP contribution in [0.1, 0.15) is 79.1 Å². The molecular weight excluding hydrogens is 477 g/mol. The summed E-state index contributed by atoms with van der Waals surface area (Å²) in [4.78, 5) is 18.5. The summed E-state index contributed by atoms with van der Waals surface area (Å²) in [6, 6.07) is 0. The third-order valence-corrected chi connectivity index (χ3v) is 5.65. The third kappa shape index (κ3) is 13.4. The van der Waals surface area contributed by atoms with Crippen molar-refractivity contribution in [3.63, 3.8) is 0 Å². The van der Waals surface area contributed by atoms with E-state index in [4.69, 9.17) is 10.7 Å². The molecule has 0 aromatic rings. The van der Waals surface area contributed by atoms with Gasteiger partial charge in [-0.25, -0.2) is 0 Å². The highest BCUT2D eigenvalue weighted by molar-refractivity contribution is 14.0. The van der Waals surface area contributed by atoms with E-state index in [-0.39, 0.29) is 41.2 Å². The zero-order chi connectivity index (χ0) is 20.8. The second kappa shape index (κ2) is 16.2. The molecule has 1 aliphatic heterocycles. The molecule has 0 radical (unpaired) electrons. The largest absolute Gasteiger partial charge is 0.369 e. The fraction of sp³-hybridized carbons (Fsp3) is 0.909. The molecular formula is C22H46IN5O. The summed E-state index contributed by atoms with van der Waals surface area (Å²) in [6.45, 7) is 14.8. The van der Waals surface area contributed by atoms with Crippen molar-refractivity contribution >= 4 is 35.8 Å². The summed E-state index contributed by atoms with van der Waals surface area (Å²) < 4.78 is 0. The van der Waals surface area contributed by atoms with Crippen LogP contribution in [-0.2, 0) is 4.79 Å². The fourth-order valence-electron chi connectivity index (χ4n) is 3.68. The molecule has 0 aromatic carbocycles. The van der Waals surface area contributed by atoms with Crippen molar-refractivity contribution in [1.82, 2.24) is 15.5 Å². The fourth-order valence-corrected chi connectivity index (χ4v) is 3.68. The quantitative estimate of drug-likeness (QED) is 0.149. The molecule has 0 saturated carbocycles. The molecule has 4 N–H and O–H groups in total. The molecule has 0 atom stereocenters. The van der Waals surface area contributed by atoms with E-state index in [0.29, 0.717) is 0 Å². The van der Waals surface area contributed by atoms with E-state index in [1.165, 1.54) is 25.7 Å². The van der Waals surface area contributed by atoms with Crippen molar-refractivity contribution in [2.45, 2.75) is 79.1 Å². The molecule has 0 spiro atoms. The van der Waals surface area contributed by atoms with E-state index in [2.05, 4.69) is 43.2 Å². The number of hydrogen-bond acceptors (Lipinski definition) is 3. The highest BCUT2D eigenvalue weighted by Crippen LogP contribution is 2.24. The predicted octanol–water partition coefficient (Wildman–Crippen LogP) is 3.74. The van der Waals surface area contributed by atoms with Crippen LogP contribution in [0.25, 0.3) is 0 Å². The lowest BCUT2D eigenvalue weighted by molar-refractivity contribution is -0.123. The number of unbranched alkanes of at least 4 members (excludes halogenated alkanes) is 3. The maximum atomic E-state index is 11.2. The van der Waals surface area contributed by atoms with E-state index in [9.17, 15) is 4.79 Å². The number of likely N-dealkylation sites (tertiary alicyclic amines) is 1. The van der Waals surface area contributed by atoms with E-state index in [1.54, 1.807) is 0 Å². The first kappa shape index (κ1) is 28.4. The summed E-state index contributed by atoms with van der Waals surface area (Å²) in [5, 5.41) is 6.84. The molecule has 1 amide bonds. The van der Waals surface area contributed by atoms with Gasteiger partial charge >= 0.3 is 0 Å². The number of rotatable bonds is 13. The number of hydrogen-bond donors (Lipinski definition) is 3. The standard InChI is InChI=1S/C22H45N5O.HI/c1-5-7-8-13-22(3,4)18-26-21(24-6-2)25-14-9-10-15-27-16-11-19(12-17-27)20(23)28;/h19H,5-18H2,1-4H3,(H2,23,28)(H2,24,25,26);1H. The summed E-state index contributed by atoms with van der Waals surface area (Å²) >= 11 is 0. The average Bonchev–Trinajstić information content (AvgIpc) is 2.66. The van der Waals surface area contributed by atoms with Gasteiger partial charge in [0.05, 0.1) is 0 Å². The van der Waals surface area contributed by atoms with Crippen molar-refractivity contribution in [2.75, 3.05) is 39.3 Å². The van der Waals surface area contributed by atoms with Gasteiger partial charge < -0.3 is 21.3 Å². The number of nitrogens with one attached hydrogen (secondary N) is 2. The number of guanidine groups is 1. The SMILES string of the molecule is CCCCCC(C)(C)CN=C(NCC)NCCCCN1CCC(C(N)=O)CC1.I. The van der Waals surface area contributed by atoms with E-state index >= 15 is 0 Å². The first-order valence-electron chi connectivity index (χ1n) is 11.4. The average molecular weight is 524 g/mol. The summed E-state index contributed by atoms with van der Waals surface area (Å²) in [7, 11) is 0. The Balaban J connectivity index is 0.00000784. The Kier molecular flexibility index (Phi) is 15.8. The maximum Gasteiger partial charge on any atom is 0.220 e. The van der Waals surface area contributed by atoms with Gasteiger partial charge in [-0.2, -0.15) is 0 Å². The number of aliphatic imine (C=N–C) groups is 1. The predicted molar refractivity (Wildman–Crippen MR) is 135 cm³/mol. The van der Waals surface area contributed by atoms with E-state index in [1.807, 2.05) is 0 Å². The molecule has 1 aliphatic rings. The zero-order valence-corrected chi connectivity index (χ0v) is 21.6. The molecule has 6 nitrogen and oxygen atoms in total. The Morgan fingerprint density at radius 1 is 1.10 bits per heavy atom. The Morgan fingerprint density at radius 2 is 1.79 bits per heavy atom. The lowest BCUT2D eigenvalue weighted by atomic mass is 9.87. The first-order chi connectivity index (χ1) is 13.4. The number of carbonyl (C=O) groups is 1. The van der Waals surface area contributed by atoms with Gasteiger partial charge in [0, 0.05) is 25.6 Å². The maximum absolute atomic E-state index is 11.2. The van der Waals surface area contributed by atoms with Gasteiger partial charge in [-0.1, -0.05) is 40.0 Å². The summed E-state index contributed by atoms with van der Waals surface area (Å²) in [6.07, 6.45) is 9.22. The Hall–Kier alpha value is -0.570. The van der Waals surface area contributed by atoms with Gasteiger partial charge in [-0.15, -0.1) is 24.0 Å². The second-order valence-corrected chi connectivity index (χ2v) is 8.97. The first-order valence-corrected chi connectivity index (χ1v) is 11.4. The molecule has 1 saturated heterocycles. The van der Waals surface area contributed by atoms with Crippen LogP contribution in [0.4, 0.5) is 0 Å². The molecule has 29 heavy (non-hydrogen) atoms. The van der Waals surface area contributed by atoms with Crippen molar-refractivity contribution in [3.8, 4) is 0 Å². The van der Waals surface area contributed by atoms with Gasteiger partial charge in [0.2, 0.25) is 5.91 Å². The smallest absolute Gasteiger partial charge is 0.220 e. The number of halogens is 1. The summed E-state index contributed by atoms with van der Waals surface area (Å²) in [5.74, 6) is 0.893. The van der Waals surface area contributed by atoms with Crippen LogP contribution in [0, 0.1) is 11.3 Å². The zero-order valence-electron chi connectivity index (χ0n) is 19.3. The van der Waals surface area contributed by atoms with Crippen LogP contribution < -0.4 is 16.4 Å². The highest BCUT2D eigenvalue weighted by Gasteiger charge is 2.22. The van der Waals surface area contributed by atoms with Crippen molar-refractivity contribution in [2.24, 2.45) is 22.1 Å². The summed E-state index contributed by atoms with van der Waals surface area (Å²) in [5.41, 5.74) is 5.66. The molecule has 1 fully saturated rings. The van der Waals surface area contributed by atoms with Crippen LogP contribution in [0.5, 0.6) is 0 Å². The Morgan fingerprint density at radius 3 is 2.38 bits per heavy atom. The lowest BCUT2D eigenvalue weighted by Crippen LogP contribution is -2.40. The Labute approximate surface area is 196 Å². The van der Waals surface area contributed by atoms with Crippen molar-refractivity contribution < 1.29 is 4.79 Å². The van der Waals surface area contributed by atoms with Gasteiger partial charge in [0.15, 0.2) is 5.96 Å². The van der Waals surface area contributed by atoms with Crippen LogP contribution in [-0.4, -0.2) is 56.0 Å². The Bertz CT molecular complexity index is 462. The number of carbonyl (C=O) groups excluding carboxylic acids is 1. The minimum absolute atomic E-state index is 0. The molecule has 0 aromatic heterocycles. The van der Waals surface area contributed by atoms with Gasteiger partial charge in [0.25, 0.3) is 0 Å². The molecule has 7 heteroatoms. The molecule has 1 rings (SSSR count). The number of amides is 1. The number of piperidine rings is 1. The van der Waals surface area contributed by atoms with Crippen LogP contribution in [0.3, 0.4) is 0 Å². The van der Waals surface area contributed by atoms with Crippen LogP contribution in [0.15, 0.2) is 4.99 Å². The van der Waals surface area contributed by atoms with Gasteiger partial charge in [0.1, 0.15) is 0 Å². The van der Waals surface area contributed by atoms with Crippen LogP contribution in [0.2, 0.25) is 0 Å². The van der Waals surface area contributed by atoms with Crippen molar-refractivity contribution in [3.05, 3.63) is 0 Å². The third-order valence-electron chi connectivity index (χ3n) is 5.65. The van der Waals surface area contributed by atoms with Gasteiger partial charge in [-0.3, -0.25) is 9.79 Å². The number of nitrogens with two attached hydrogens (primary N) is 1. The van der Waals surface area contributed by atoms with Crippen molar-refractivity contribution in [1.29, 1.82) is 0 Å². The number of primary amides is 1. The lowest BCUT2D eigenvalue weighted by Gasteiger charge is -2.30. The normalized spacial score (nSPS) is 16.3. The molecule has 0 unspecified atom stereocenters. The topological polar surface area (TPSA) is 82.8 Å². The van der Waals surface area contributed by atoms with E-state index < -0.39 is 0 Å². The number of nitrogens with zero attached hydrogens (tertiary/aromatic N) is 2. The molecule has 0 bridgehead atoms. The molecule has 1 heterocycles. The minimum Gasteiger partial charge on any atom is -0.369 e. The monoisotopic (exact) mass is 523 g/mol. The van der Waals surface area contributed by atoms with Crippen LogP contribution >= 0.6 is 24.0 Å². The van der Waals surface area contributed by atoms with Gasteiger partial charge in [-0.05, 0) is 64.1 Å². The second-order valence-electron chi connectivity index (χ2n) is 8.97. The van der Waals surface area contributed by atoms with E-state index in [0.717, 1.165) is 70.9 Å². The highest BCUT2D eigenvalue weighted by atomic mass is 127.